The summed E-state index contributed by atoms with van der Waals surface area (Å²) in [7, 11) is 0. The van der Waals surface area contributed by atoms with Crippen LogP contribution in [-0.4, -0.2) is 27.3 Å². The third kappa shape index (κ3) is 4.59. The first-order chi connectivity index (χ1) is 17.0. The quantitative estimate of drug-likeness (QED) is 0.346. The van der Waals surface area contributed by atoms with Gasteiger partial charge in [-0.3, -0.25) is 4.79 Å². The van der Waals surface area contributed by atoms with E-state index in [2.05, 4.69) is 10.3 Å². The SMILES string of the molecule is Cc1nn(-c2ccccc2)c2nc(OCC(=O)Nc3ccc(F)c(F)c3)cc(-c3ccccc3)c12. The van der Waals surface area contributed by atoms with Crippen LogP contribution in [0, 0.1) is 18.6 Å². The molecule has 8 heteroatoms. The standard InChI is InChI=1S/C27H20F2N4O2/c1-17-26-21(18-8-4-2-5-9-18)15-25(31-27(26)33(32-17)20-10-6-3-7-11-20)35-16-24(34)30-19-12-13-22(28)23(29)14-19/h2-15H,16H2,1H3,(H,30,34). The minimum absolute atomic E-state index is 0.128. The van der Waals surface area contributed by atoms with E-state index in [9.17, 15) is 13.6 Å². The average molecular weight is 470 g/mol. The van der Waals surface area contributed by atoms with Crippen molar-refractivity contribution in [3.8, 4) is 22.7 Å². The van der Waals surface area contributed by atoms with Crippen LogP contribution < -0.4 is 10.1 Å². The van der Waals surface area contributed by atoms with Gasteiger partial charge in [-0.15, -0.1) is 0 Å². The van der Waals surface area contributed by atoms with Gasteiger partial charge in [0.25, 0.3) is 5.91 Å². The number of hydrogen-bond donors (Lipinski definition) is 1. The van der Waals surface area contributed by atoms with E-state index in [0.29, 0.717) is 5.65 Å². The van der Waals surface area contributed by atoms with Gasteiger partial charge in [-0.05, 0) is 42.3 Å². The lowest BCUT2D eigenvalue weighted by Crippen LogP contribution is -2.20. The normalized spacial score (nSPS) is 10.9. The van der Waals surface area contributed by atoms with E-state index in [1.807, 2.05) is 67.6 Å². The molecule has 5 rings (SSSR count). The van der Waals surface area contributed by atoms with Gasteiger partial charge < -0.3 is 10.1 Å². The molecule has 174 valence electrons. The van der Waals surface area contributed by atoms with Crippen molar-refractivity contribution in [3.05, 3.63) is 102 Å². The number of ether oxygens (including phenoxy) is 1. The number of pyridine rings is 1. The number of carbonyl (C=O) groups excluding carboxylic acids is 1. The molecule has 0 aliphatic rings. The Balaban J connectivity index is 1.50. The van der Waals surface area contributed by atoms with Crippen LogP contribution in [0.5, 0.6) is 5.88 Å². The Morgan fingerprint density at radius 2 is 1.66 bits per heavy atom. The molecule has 0 bridgehead atoms. The Hall–Kier alpha value is -4.59. The lowest BCUT2D eigenvalue weighted by atomic mass is 10.0. The van der Waals surface area contributed by atoms with Crippen LogP contribution in [-0.2, 0) is 4.79 Å². The number of para-hydroxylation sites is 1. The maximum Gasteiger partial charge on any atom is 0.262 e. The monoisotopic (exact) mass is 470 g/mol. The first-order valence-corrected chi connectivity index (χ1v) is 10.9. The topological polar surface area (TPSA) is 69.0 Å². The molecule has 1 amide bonds. The maximum absolute atomic E-state index is 13.4. The van der Waals surface area contributed by atoms with Crippen molar-refractivity contribution in [1.29, 1.82) is 0 Å². The van der Waals surface area contributed by atoms with Crippen LogP contribution in [0.1, 0.15) is 5.69 Å². The fourth-order valence-electron chi connectivity index (χ4n) is 3.84. The van der Waals surface area contributed by atoms with Crippen molar-refractivity contribution >= 4 is 22.6 Å². The van der Waals surface area contributed by atoms with Crippen molar-refractivity contribution in [2.24, 2.45) is 0 Å². The molecule has 0 aliphatic carbocycles. The molecule has 0 saturated carbocycles. The number of hydrogen-bond acceptors (Lipinski definition) is 4. The van der Waals surface area contributed by atoms with E-state index in [1.54, 1.807) is 10.7 Å². The van der Waals surface area contributed by atoms with Gasteiger partial charge in [-0.1, -0.05) is 48.5 Å². The second-order valence-electron chi connectivity index (χ2n) is 7.87. The molecule has 6 nitrogen and oxygen atoms in total. The summed E-state index contributed by atoms with van der Waals surface area (Å²) in [6.07, 6.45) is 0. The molecule has 2 aromatic heterocycles. The van der Waals surface area contributed by atoms with E-state index in [4.69, 9.17) is 9.84 Å². The largest absolute Gasteiger partial charge is 0.467 e. The van der Waals surface area contributed by atoms with Gasteiger partial charge in [-0.2, -0.15) is 10.1 Å². The van der Waals surface area contributed by atoms with Crippen molar-refractivity contribution in [1.82, 2.24) is 14.8 Å². The zero-order chi connectivity index (χ0) is 24.4. The summed E-state index contributed by atoms with van der Waals surface area (Å²) >= 11 is 0. The van der Waals surface area contributed by atoms with Crippen molar-refractivity contribution in [2.75, 3.05) is 11.9 Å². The van der Waals surface area contributed by atoms with E-state index in [0.717, 1.165) is 40.0 Å². The summed E-state index contributed by atoms with van der Waals surface area (Å²) in [4.78, 5) is 17.0. The van der Waals surface area contributed by atoms with E-state index < -0.39 is 17.5 Å². The molecular formula is C27H20F2N4O2. The highest BCUT2D eigenvalue weighted by molar-refractivity contribution is 5.96. The highest BCUT2D eigenvalue weighted by Gasteiger charge is 2.18. The number of carbonyl (C=O) groups is 1. The number of amides is 1. The summed E-state index contributed by atoms with van der Waals surface area (Å²) in [5.41, 5.74) is 4.18. The molecule has 2 heterocycles. The number of nitrogens with zero attached hydrogens (tertiary/aromatic N) is 3. The fourth-order valence-corrected chi connectivity index (χ4v) is 3.84. The van der Waals surface area contributed by atoms with Crippen molar-refractivity contribution in [2.45, 2.75) is 6.92 Å². The van der Waals surface area contributed by atoms with Gasteiger partial charge in [0.15, 0.2) is 23.9 Å². The summed E-state index contributed by atoms with van der Waals surface area (Å²) in [5.74, 6) is -2.34. The van der Waals surface area contributed by atoms with Crippen molar-refractivity contribution < 1.29 is 18.3 Å². The minimum Gasteiger partial charge on any atom is -0.467 e. The lowest BCUT2D eigenvalue weighted by molar-refractivity contribution is -0.118. The molecule has 1 N–H and O–H groups in total. The second-order valence-corrected chi connectivity index (χ2v) is 7.87. The summed E-state index contributed by atoms with van der Waals surface area (Å²) in [6.45, 7) is 1.55. The molecule has 0 atom stereocenters. The number of benzene rings is 3. The Kier molecular flexibility index (Phi) is 5.93. The number of halogens is 2. The van der Waals surface area contributed by atoms with Crippen LogP contribution in [0.3, 0.4) is 0 Å². The Morgan fingerprint density at radius 1 is 0.943 bits per heavy atom. The molecular weight excluding hydrogens is 450 g/mol. The summed E-state index contributed by atoms with van der Waals surface area (Å²) < 4.78 is 34.1. The smallest absolute Gasteiger partial charge is 0.262 e. The number of rotatable bonds is 6. The average Bonchev–Trinajstić information content (AvgIpc) is 3.22. The number of nitrogens with one attached hydrogen (secondary N) is 1. The predicted octanol–water partition coefficient (Wildman–Crippen LogP) is 5.69. The molecule has 3 aromatic carbocycles. The number of fused-ring (bicyclic) bond motifs is 1. The summed E-state index contributed by atoms with van der Waals surface area (Å²) in [6, 6.07) is 24.3. The molecule has 35 heavy (non-hydrogen) atoms. The molecule has 0 saturated heterocycles. The highest BCUT2D eigenvalue weighted by atomic mass is 19.2. The lowest BCUT2D eigenvalue weighted by Gasteiger charge is -2.11. The first-order valence-electron chi connectivity index (χ1n) is 10.9. The third-order valence-corrected chi connectivity index (χ3v) is 5.43. The van der Waals surface area contributed by atoms with Gasteiger partial charge in [0.1, 0.15) is 0 Å². The molecule has 0 fully saturated rings. The van der Waals surface area contributed by atoms with E-state index in [-0.39, 0.29) is 18.2 Å². The van der Waals surface area contributed by atoms with Gasteiger partial charge in [0.05, 0.1) is 16.8 Å². The van der Waals surface area contributed by atoms with Crippen LogP contribution in [0.2, 0.25) is 0 Å². The van der Waals surface area contributed by atoms with Crippen LogP contribution in [0.25, 0.3) is 27.8 Å². The van der Waals surface area contributed by atoms with Crippen LogP contribution in [0.15, 0.2) is 84.9 Å². The van der Waals surface area contributed by atoms with Gasteiger partial charge in [0, 0.05) is 17.8 Å². The third-order valence-electron chi connectivity index (χ3n) is 5.43. The first kappa shape index (κ1) is 22.2. The van der Waals surface area contributed by atoms with E-state index >= 15 is 0 Å². The second kappa shape index (κ2) is 9.34. The van der Waals surface area contributed by atoms with E-state index in [1.165, 1.54) is 6.07 Å². The zero-order valence-corrected chi connectivity index (χ0v) is 18.7. The predicted molar refractivity (Wildman–Crippen MR) is 130 cm³/mol. The minimum atomic E-state index is -1.05. The van der Waals surface area contributed by atoms with Gasteiger partial charge >= 0.3 is 0 Å². The zero-order valence-electron chi connectivity index (χ0n) is 18.7. The molecule has 0 aliphatic heterocycles. The Bertz CT molecular complexity index is 1520. The van der Waals surface area contributed by atoms with Crippen molar-refractivity contribution in [3.63, 3.8) is 0 Å². The number of anilines is 1. The molecule has 0 unspecified atom stereocenters. The van der Waals surface area contributed by atoms with Gasteiger partial charge in [0.2, 0.25) is 5.88 Å². The van der Waals surface area contributed by atoms with Gasteiger partial charge in [-0.25, -0.2) is 13.5 Å². The highest BCUT2D eigenvalue weighted by Crippen LogP contribution is 2.34. The molecule has 5 aromatic rings. The van der Waals surface area contributed by atoms with Crippen LogP contribution in [0.4, 0.5) is 14.5 Å². The van der Waals surface area contributed by atoms with Crippen LogP contribution >= 0.6 is 0 Å². The Labute approximate surface area is 199 Å². The summed E-state index contributed by atoms with van der Waals surface area (Å²) in [5, 5.41) is 8.07. The fraction of sp³-hybridized carbons (Fsp3) is 0.0741. The Morgan fingerprint density at radius 3 is 2.37 bits per heavy atom. The maximum atomic E-state index is 13.4. The molecule has 0 spiro atoms. The number of aromatic nitrogens is 3. The molecule has 0 radical (unpaired) electrons. The number of aryl methyl sites for hydroxylation is 1.